The van der Waals surface area contributed by atoms with Gasteiger partial charge in [0, 0.05) is 26.6 Å². The molecule has 0 radical (unpaired) electrons. The maximum atomic E-state index is 14.5. The van der Waals surface area contributed by atoms with Crippen LogP contribution < -0.4 is 64.2 Å². The Morgan fingerprint density at radius 1 is 0.434 bits per heavy atom. The number of rotatable bonds is 35. The van der Waals surface area contributed by atoms with E-state index in [0.29, 0.717) is 32.1 Å². The van der Waals surface area contributed by atoms with Crippen LogP contribution in [0.4, 0.5) is 0 Å². The van der Waals surface area contributed by atoms with Gasteiger partial charge in [-0.15, -0.1) is 0 Å². The lowest BCUT2D eigenvalue weighted by atomic mass is 9.95. The van der Waals surface area contributed by atoms with Crippen molar-refractivity contribution in [2.24, 2.45) is 29.4 Å². The first-order chi connectivity index (χ1) is 45.6. The van der Waals surface area contributed by atoms with Crippen molar-refractivity contribution in [3.05, 3.63) is 0 Å². The maximum Gasteiger partial charge on any atom is 0.248 e. The van der Waals surface area contributed by atoms with Gasteiger partial charge in [-0.1, -0.05) is 61.8 Å². The second-order valence-corrected chi connectivity index (χ2v) is 30.4. The predicted octanol–water partition coefficient (Wildman–Crippen LogP) is -1.98. The Balaban J connectivity index is 1.72. The fraction of sp³-hybridized carbons (Fsp3) is 0.776. The number of amides is 15. The molecular weight excluding hydrogens is 1290 g/mol. The van der Waals surface area contributed by atoms with Crippen LogP contribution >= 0.6 is 0 Å². The lowest BCUT2D eigenvalue weighted by Crippen LogP contribution is -2.65. The monoisotopic (exact) mass is 1400 g/mol. The standard InChI is InChI=1S/C67H115N15O17/c1-20-38(8)49(74-51(88)44(34-84)71-55(92)46-25-22-28-81(46)60(97)65(14,15)76-52(89)40(30-35(2)3)69-50(87)42(32-48(68)86)73-58(95)63(10,11)75-39(9)85)57(94)79-67(18,19)62(99)82-29-23-26-47(82)56(93)78-64(12,13)59(96)72-41(31-36(4)5)53(90)77-66(16,17)61(98)80-27-21-24-45(80)54(91)70-43(33-83)37(6)7/h35-38,40-47,49,83-84H,20-34H2,1-19H3,(H2,68,86)(H,69,87)(H,70,91)(H,71,92)(H,72,96)(H,73,95)(H,74,88)(H,75,85)(H,76,89)(H,77,90)(H,78,93)(H,79,94)/t38-,40-,41-,42-,43+,44-,45-,46-,47-,49-/m0/s1. The average molecular weight is 1400 g/mol. The van der Waals surface area contributed by atoms with E-state index in [9.17, 15) is 82.1 Å². The van der Waals surface area contributed by atoms with Crippen LogP contribution in [0.25, 0.3) is 0 Å². The Labute approximate surface area is 581 Å². The molecule has 3 fully saturated rings. The van der Waals surface area contributed by atoms with Gasteiger partial charge in [0.05, 0.1) is 25.7 Å². The molecule has 3 saturated heterocycles. The average Bonchev–Trinajstić information content (AvgIpc) is 1.78. The fourth-order valence-corrected chi connectivity index (χ4v) is 12.1. The normalized spacial score (nSPS) is 18.9. The van der Waals surface area contributed by atoms with E-state index in [1.54, 1.807) is 27.7 Å². The molecule has 10 atom stereocenters. The molecule has 0 aromatic heterocycles. The van der Waals surface area contributed by atoms with E-state index in [0.717, 1.165) is 0 Å². The molecule has 15 amide bonds. The molecule has 0 bridgehead atoms. The number of carbonyl (C=O) groups excluding carboxylic acids is 15. The highest BCUT2D eigenvalue weighted by Crippen LogP contribution is 2.27. The number of aliphatic hydroxyl groups excluding tert-OH is 2. The Morgan fingerprint density at radius 3 is 1.18 bits per heavy atom. The van der Waals surface area contributed by atoms with Gasteiger partial charge >= 0.3 is 0 Å². The Bertz CT molecular complexity index is 2980. The van der Waals surface area contributed by atoms with Crippen molar-refractivity contribution >= 4 is 88.6 Å². The van der Waals surface area contributed by atoms with Crippen molar-refractivity contribution in [1.29, 1.82) is 0 Å². The second-order valence-electron chi connectivity index (χ2n) is 30.4. The summed E-state index contributed by atoms with van der Waals surface area (Å²) in [5, 5.41) is 49.3. The van der Waals surface area contributed by atoms with Crippen molar-refractivity contribution < 1.29 is 82.1 Å². The van der Waals surface area contributed by atoms with Gasteiger partial charge in [-0.3, -0.25) is 71.9 Å². The lowest BCUT2D eigenvalue weighted by molar-refractivity contribution is -0.146. The number of nitrogens with one attached hydrogen (secondary N) is 11. The summed E-state index contributed by atoms with van der Waals surface area (Å²) in [6.07, 6.45) is 1.69. The van der Waals surface area contributed by atoms with Gasteiger partial charge in [-0.2, -0.15) is 0 Å². The molecule has 0 aromatic carbocycles. The second kappa shape index (κ2) is 35.8. The zero-order valence-electron chi connectivity index (χ0n) is 61.5. The van der Waals surface area contributed by atoms with E-state index < -0.39 is 190 Å². The molecule has 0 aromatic rings. The quantitative estimate of drug-likeness (QED) is 0.0327. The van der Waals surface area contributed by atoms with Gasteiger partial charge in [0.25, 0.3) is 0 Å². The van der Waals surface area contributed by atoms with Gasteiger partial charge in [0.2, 0.25) is 88.6 Å². The number of aliphatic hydroxyl groups is 2. The van der Waals surface area contributed by atoms with Crippen LogP contribution in [0.3, 0.4) is 0 Å². The highest BCUT2D eigenvalue weighted by atomic mass is 16.3. The summed E-state index contributed by atoms with van der Waals surface area (Å²) in [6.45, 7) is 28.8. The number of hydrogen-bond acceptors (Lipinski definition) is 17. The molecule has 0 spiro atoms. The molecule has 0 unspecified atom stereocenters. The zero-order valence-corrected chi connectivity index (χ0v) is 61.5. The highest BCUT2D eigenvalue weighted by molar-refractivity contribution is 6.03. The van der Waals surface area contributed by atoms with Crippen molar-refractivity contribution in [3.63, 3.8) is 0 Å². The zero-order chi connectivity index (χ0) is 75.8. The minimum absolute atomic E-state index is 0.0221. The smallest absolute Gasteiger partial charge is 0.248 e. The predicted molar refractivity (Wildman–Crippen MR) is 364 cm³/mol. The van der Waals surface area contributed by atoms with Gasteiger partial charge in [-0.05, 0) is 144 Å². The molecule has 32 nitrogen and oxygen atoms in total. The Morgan fingerprint density at radius 2 is 0.808 bits per heavy atom. The van der Waals surface area contributed by atoms with Crippen molar-refractivity contribution in [2.45, 2.75) is 278 Å². The minimum atomic E-state index is -1.74. The van der Waals surface area contributed by atoms with Crippen LogP contribution in [0.1, 0.15) is 196 Å². The van der Waals surface area contributed by atoms with Crippen molar-refractivity contribution in [3.8, 4) is 0 Å². The SMILES string of the molecule is CC[C@H](C)[C@H](NC(=O)[C@H](CO)NC(=O)[C@@H]1CCCN1C(=O)C(C)(C)NC(=O)[C@H](CC(C)C)NC(=O)[C@H](CC(N)=O)NC(=O)C(C)(C)NC(C)=O)C(=O)NC(C)(C)C(=O)N1CCC[C@H]1C(=O)NC(C)(C)C(=O)N[C@@H](CC(C)C)C(=O)NC(C)(C)C(=O)N1CCC[C@H]1C(=O)N[C@H](CO)C(C)C. The third-order valence-electron chi connectivity index (χ3n) is 18.1. The first-order valence-electron chi connectivity index (χ1n) is 34.4. The maximum absolute atomic E-state index is 14.5. The van der Waals surface area contributed by atoms with E-state index in [1.807, 2.05) is 27.7 Å². The van der Waals surface area contributed by atoms with E-state index >= 15 is 0 Å². The molecule has 560 valence electrons. The van der Waals surface area contributed by atoms with E-state index in [-0.39, 0.29) is 69.7 Å². The van der Waals surface area contributed by atoms with Crippen LogP contribution in [-0.2, 0) is 71.9 Å². The summed E-state index contributed by atoms with van der Waals surface area (Å²) in [6, 6.07) is -10.8. The number of carbonyl (C=O) groups is 15. The lowest BCUT2D eigenvalue weighted by Gasteiger charge is -2.36. The van der Waals surface area contributed by atoms with Crippen LogP contribution in [0.15, 0.2) is 0 Å². The number of likely N-dealkylation sites (tertiary alicyclic amines) is 3. The molecule has 99 heavy (non-hydrogen) atoms. The number of nitrogens with two attached hydrogens (primary N) is 1. The Kier molecular flexibility index (Phi) is 30.8. The van der Waals surface area contributed by atoms with Crippen LogP contribution in [0.5, 0.6) is 0 Å². The first kappa shape index (κ1) is 85.2. The summed E-state index contributed by atoms with van der Waals surface area (Å²) in [4.78, 5) is 210. The van der Waals surface area contributed by atoms with Crippen LogP contribution in [0, 0.1) is 23.7 Å². The number of primary amides is 1. The van der Waals surface area contributed by atoms with E-state index in [1.165, 1.54) is 90.9 Å². The molecule has 32 heteroatoms. The number of nitrogens with zero attached hydrogens (tertiary/aromatic N) is 3. The van der Waals surface area contributed by atoms with Crippen LogP contribution in [-0.4, -0.2) is 228 Å². The van der Waals surface area contributed by atoms with E-state index in [4.69, 9.17) is 5.73 Å². The first-order valence-corrected chi connectivity index (χ1v) is 34.4. The van der Waals surface area contributed by atoms with E-state index in [2.05, 4.69) is 58.5 Å². The molecular formula is C67H115N15O17. The van der Waals surface area contributed by atoms with Gasteiger partial charge in [0.1, 0.15) is 76.0 Å². The fourth-order valence-electron chi connectivity index (χ4n) is 12.1. The molecule has 3 aliphatic rings. The molecule has 0 saturated carbocycles. The molecule has 3 aliphatic heterocycles. The molecule has 3 rings (SSSR count). The van der Waals surface area contributed by atoms with Crippen LogP contribution in [0.2, 0.25) is 0 Å². The summed E-state index contributed by atoms with van der Waals surface area (Å²) in [5.41, 5.74) is -2.79. The summed E-state index contributed by atoms with van der Waals surface area (Å²) in [5.74, 6) is -12.3. The summed E-state index contributed by atoms with van der Waals surface area (Å²) >= 11 is 0. The topological polar surface area (TPSA) is 465 Å². The van der Waals surface area contributed by atoms with Gasteiger partial charge in [0.15, 0.2) is 0 Å². The molecule has 15 N–H and O–H groups in total. The largest absolute Gasteiger partial charge is 0.394 e. The van der Waals surface area contributed by atoms with Crippen molar-refractivity contribution in [2.75, 3.05) is 32.8 Å². The summed E-state index contributed by atoms with van der Waals surface area (Å²) in [7, 11) is 0. The Hall–Kier alpha value is -8.03. The van der Waals surface area contributed by atoms with Gasteiger partial charge in [-0.25, -0.2) is 0 Å². The van der Waals surface area contributed by atoms with Crippen molar-refractivity contribution in [1.82, 2.24) is 73.2 Å². The molecule has 3 heterocycles. The molecule has 0 aliphatic carbocycles. The third kappa shape index (κ3) is 23.8. The third-order valence-corrected chi connectivity index (χ3v) is 18.1. The minimum Gasteiger partial charge on any atom is -0.394 e. The summed E-state index contributed by atoms with van der Waals surface area (Å²) < 4.78 is 0. The highest BCUT2D eigenvalue weighted by Gasteiger charge is 2.48. The van der Waals surface area contributed by atoms with Gasteiger partial charge < -0.3 is 89.1 Å². The number of hydrogen-bond donors (Lipinski definition) is 14.